The van der Waals surface area contributed by atoms with Crippen LogP contribution in [0.1, 0.15) is 19.7 Å². The summed E-state index contributed by atoms with van der Waals surface area (Å²) in [6, 6.07) is 13.1. The number of fused-ring (bicyclic) bond motifs is 1. The molecule has 1 amide bonds. The molecule has 0 aliphatic carbocycles. The second-order valence-corrected chi connectivity index (χ2v) is 7.19. The molecule has 0 unspecified atom stereocenters. The van der Waals surface area contributed by atoms with Gasteiger partial charge < -0.3 is 8.97 Å². The third-order valence-electron chi connectivity index (χ3n) is 4.05. The topological polar surface area (TPSA) is 94.5 Å². The minimum absolute atomic E-state index is 0.170. The number of nitrogens with zero attached hydrogens (tertiary/aromatic N) is 2. The highest BCUT2D eigenvalue weighted by atomic mass is 32.2. The Hall–Kier alpha value is -2.97. The summed E-state index contributed by atoms with van der Waals surface area (Å²) in [5.74, 6) is 0.256. The maximum Gasteiger partial charge on any atom is 0.375 e. The van der Waals surface area contributed by atoms with Gasteiger partial charge in [-0.3, -0.25) is 9.69 Å². The first-order valence-electron chi connectivity index (χ1n) is 8.26. The number of hydrogen-bond acceptors (Lipinski definition) is 5. The van der Waals surface area contributed by atoms with Crippen molar-refractivity contribution in [3.63, 3.8) is 0 Å². The second-order valence-electron chi connectivity index (χ2n) is 5.81. The average Bonchev–Trinajstić information content (AvgIpc) is 2.98. The van der Waals surface area contributed by atoms with Gasteiger partial charge in [0, 0.05) is 24.9 Å². The fourth-order valence-electron chi connectivity index (χ4n) is 2.79. The summed E-state index contributed by atoms with van der Waals surface area (Å²) in [4.78, 5) is 13.1. The number of carbonyl (C=O) groups excluding carboxylic acids is 1. The molecule has 0 radical (unpaired) electrons. The van der Waals surface area contributed by atoms with Gasteiger partial charge in [-0.05, 0) is 31.2 Å². The molecule has 0 fully saturated rings. The molecule has 1 aromatic heterocycles. The Balaban J connectivity index is 2.06. The van der Waals surface area contributed by atoms with Crippen LogP contribution in [0.15, 0.2) is 64.0 Å². The lowest BCUT2D eigenvalue weighted by Gasteiger charge is -2.15. The molecule has 0 aliphatic rings. The Morgan fingerprint density at radius 1 is 1.22 bits per heavy atom. The van der Waals surface area contributed by atoms with E-state index in [0.29, 0.717) is 29.2 Å². The van der Waals surface area contributed by atoms with Crippen LogP contribution in [0.5, 0.6) is 0 Å². The molecule has 2 aromatic carbocycles. The highest BCUT2D eigenvalue weighted by Crippen LogP contribution is 2.20. The van der Waals surface area contributed by atoms with Gasteiger partial charge in [-0.25, -0.2) is 8.42 Å². The van der Waals surface area contributed by atoms with Crippen LogP contribution in [-0.4, -0.2) is 18.9 Å². The van der Waals surface area contributed by atoms with Gasteiger partial charge in [-0.15, -0.1) is 0 Å². The van der Waals surface area contributed by atoms with Crippen molar-refractivity contribution in [2.75, 3.05) is 4.90 Å². The van der Waals surface area contributed by atoms with E-state index in [0.717, 1.165) is 0 Å². The van der Waals surface area contributed by atoms with Crippen LogP contribution in [-0.2, 0) is 21.5 Å². The number of anilines is 1. The van der Waals surface area contributed by atoms with Crippen LogP contribution in [0.3, 0.4) is 0 Å². The molecule has 0 bridgehead atoms. The average molecular weight is 386 g/mol. The van der Waals surface area contributed by atoms with Crippen molar-refractivity contribution in [3.8, 4) is 0 Å². The predicted molar refractivity (Wildman–Crippen MR) is 98.7 cm³/mol. The van der Waals surface area contributed by atoms with Crippen molar-refractivity contribution >= 4 is 38.9 Å². The summed E-state index contributed by atoms with van der Waals surface area (Å²) in [6.07, 6.45) is 3.22. The molecule has 27 heavy (non-hydrogen) atoms. The Morgan fingerprint density at radius 3 is 2.52 bits per heavy atom. The molecule has 0 saturated carbocycles. The number of amides is 1. The Morgan fingerprint density at radius 2 is 1.93 bits per heavy atom. The maximum atomic E-state index is 12.0. The van der Waals surface area contributed by atoms with E-state index in [2.05, 4.69) is 0 Å². The number of rotatable bonds is 5. The van der Waals surface area contributed by atoms with E-state index in [-0.39, 0.29) is 10.8 Å². The van der Waals surface area contributed by atoms with E-state index in [1.807, 2.05) is 37.3 Å². The third kappa shape index (κ3) is 3.91. The first-order valence-corrected chi connectivity index (χ1v) is 9.67. The Kier molecular flexibility index (Phi) is 5.11. The van der Waals surface area contributed by atoms with Crippen molar-refractivity contribution in [2.45, 2.75) is 25.3 Å². The minimum Gasteiger partial charge on any atom is -0.744 e. The SMILES string of the molecule is CC[n+]1c(C=CN(C(C)=O)c2ccccc2)oc2ccc(S(=O)(=O)[O-])cc21. The molecular formula is C19H18N2O5S. The number of benzene rings is 2. The van der Waals surface area contributed by atoms with Gasteiger partial charge in [0.2, 0.25) is 11.5 Å². The highest BCUT2D eigenvalue weighted by Gasteiger charge is 2.21. The van der Waals surface area contributed by atoms with Crippen LogP contribution >= 0.6 is 0 Å². The third-order valence-corrected chi connectivity index (χ3v) is 4.88. The van der Waals surface area contributed by atoms with Crippen LogP contribution in [0.2, 0.25) is 0 Å². The first-order chi connectivity index (χ1) is 12.8. The number of oxazole rings is 1. The lowest BCUT2D eigenvalue weighted by atomic mass is 10.3. The van der Waals surface area contributed by atoms with Gasteiger partial charge in [0.1, 0.15) is 16.7 Å². The van der Waals surface area contributed by atoms with Crippen molar-refractivity contribution < 1.29 is 26.7 Å². The number of carbonyl (C=O) groups is 1. The fraction of sp³-hybridized carbons (Fsp3) is 0.158. The molecule has 1 heterocycles. The summed E-state index contributed by atoms with van der Waals surface area (Å²) >= 11 is 0. The van der Waals surface area contributed by atoms with E-state index in [9.17, 15) is 17.8 Å². The molecule has 3 aromatic rings. The smallest absolute Gasteiger partial charge is 0.375 e. The monoisotopic (exact) mass is 386 g/mol. The first kappa shape index (κ1) is 18.8. The molecule has 0 aliphatic heterocycles. The number of hydrogen-bond donors (Lipinski definition) is 0. The van der Waals surface area contributed by atoms with Crippen LogP contribution in [0.4, 0.5) is 5.69 Å². The zero-order chi connectivity index (χ0) is 19.6. The predicted octanol–water partition coefficient (Wildman–Crippen LogP) is 2.67. The number of aromatic nitrogens is 1. The molecule has 3 rings (SSSR count). The lowest BCUT2D eigenvalue weighted by Crippen LogP contribution is -2.34. The zero-order valence-electron chi connectivity index (χ0n) is 14.8. The summed E-state index contributed by atoms with van der Waals surface area (Å²) < 4.78 is 41.3. The standard InChI is InChI=1S/C19H18N2O5S/c1-3-20-17-13-16(27(23,24)25)9-10-18(17)26-19(20)11-12-21(14(2)22)15-7-5-4-6-8-15/h4-13H,3H2,1-2H3. The van der Waals surface area contributed by atoms with Crippen molar-refractivity contribution in [1.82, 2.24) is 0 Å². The number of aryl methyl sites for hydroxylation is 1. The molecule has 140 valence electrons. The van der Waals surface area contributed by atoms with Crippen molar-refractivity contribution in [2.24, 2.45) is 0 Å². The van der Waals surface area contributed by atoms with Gasteiger partial charge >= 0.3 is 5.89 Å². The van der Waals surface area contributed by atoms with E-state index < -0.39 is 10.1 Å². The quantitative estimate of drug-likeness (QED) is 0.496. The van der Waals surface area contributed by atoms with Gasteiger partial charge in [0.25, 0.3) is 5.52 Å². The molecule has 7 nitrogen and oxygen atoms in total. The Labute approximate surface area is 156 Å². The van der Waals surface area contributed by atoms with E-state index >= 15 is 0 Å². The fourth-order valence-corrected chi connectivity index (χ4v) is 3.28. The van der Waals surface area contributed by atoms with Gasteiger partial charge in [-0.2, -0.15) is 4.57 Å². The van der Waals surface area contributed by atoms with Crippen LogP contribution in [0, 0.1) is 0 Å². The van der Waals surface area contributed by atoms with Gasteiger partial charge in [0.05, 0.1) is 11.0 Å². The number of para-hydroxylation sites is 1. The molecular weight excluding hydrogens is 368 g/mol. The van der Waals surface area contributed by atoms with E-state index in [4.69, 9.17) is 4.42 Å². The van der Waals surface area contributed by atoms with Gasteiger partial charge in [0.15, 0.2) is 0 Å². The molecule has 0 atom stereocenters. The van der Waals surface area contributed by atoms with Crippen LogP contribution in [0.25, 0.3) is 17.2 Å². The summed E-state index contributed by atoms with van der Waals surface area (Å²) in [5.41, 5.74) is 1.64. The van der Waals surface area contributed by atoms with Crippen molar-refractivity contribution in [1.29, 1.82) is 0 Å². The van der Waals surface area contributed by atoms with Crippen molar-refractivity contribution in [3.05, 3.63) is 60.6 Å². The van der Waals surface area contributed by atoms with Crippen LogP contribution < -0.4 is 9.47 Å². The van der Waals surface area contributed by atoms with E-state index in [1.54, 1.807) is 16.8 Å². The molecule has 0 spiro atoms. The summed E-state index contributed by atoms with van der Waals surface area (Å²) in [7, 11) is -4.56. The van der Waals surface area contributed by atoms with Gasteiger partial charge in [-0.1, -0.05) is 18.2 Å². The normalized spacial score (nSPS) is 12.0. The minimum atomic E-state index is -4.56. The maximum absolute atomic E-state index is 12.0. The lowest BCUT2D eigenvalue weighted by molar-refractivity contribution is -0.674. The Bertz CT molecular complexity index is 1120. The molecule has 8 heteroatoms. The summed E-state index contributed by atoms with van der Waals surface area (Å²) in [6.45, 7) is 3.81. The largest absolute Gasteiger partial charge is 0.744 e. The highest BCUT2D eigenvalue weighted by molar-refractivity contribution is 7.85. The van der Waals surface area contributed by atoms with E-state index in [1.165, 1.54) is 30.0 Å². The zero-order valence-corrected chi connectivity index (χ0v) is 15.6. The second kappa shape index (κ2) is 7.34. The molecule has 0 saturated heterocycles. The summed E-state index contributed by atoms with van der Waals surface area (Å²) in [5, 5.41) is 0. The molecule has 0 N–H and O–H groups in total.